The minimum absolute atomic E-state index is 0.897. The lowest BCUT2D eigenvalue weighted by atomic mass is 9.95. The van der Waals surface area contributed by atoms with E-state index in [1.54, 1.807) is 0 Å². The number of piperidine rings is 1. The average molecular weight is 316 g/mol. The fraction of sp³-hybridized carbons (Fsp3) is 0.700. The van der Waals surface area contributed by atoms with Crippen LogP contribution in [0.3, 0.4) is 0 Å². The molecule has 2 heterocycles. The number of piperazine rings is 1. The third-order valence-corrected chi connectivity index (χ3v) is 5.73. The van der Waals surface area contributed by atoms with Gasteiger partial charge in [-0.2, -0.15) is 0 Å². The van der Waals surface area contributed by atoms with Crippen LogP contribution in [0.15, 0.2) is 24.3 Å². The molecule has 0 unspecified atom stereocenters. The van der Waals surface area contributed by atoms with Gasteiger partial charge >= 0.3 is 0 Å². The van der Waals surface area contributed by atoms with Crippen molar-refractivity contribution in [3.05, 3.63) is 29.8 Å². The van der Waals surface area contributed by atoms with Crippen molar-refractivity contribution in [2.24, 2.45) is 5.92 Å². The van der Waals surface area contributed by atoms with Gasteiger partial charge in [-0.3, -0.25) is 0 Å². The van der Waals surface area contributed by atoms with Crippen molar-refractivity contribution in [1.29, 1.82) is 0 Å². The van der Waals surface area contributed by atoms with Crippen LogP contribution in [0.1, 0.15) is 32.3 Å². The van der Waals surface area contributed by atoms with Gasteiger partial charge in [-0.25, -0.2) is 0 Å². The number of hydrogen-bond acceptors (Lipinski definition) is 3. The smallest absolute Gasteiger partial charge is 0.0368 e. The van der Waals surface area contributed by atoms with Crippen LogP contribution >= 0.6 is 0 Å². The molecule has 2 saturated heterocycles. The zero-order valence-corrected chi connectivity index (χ0v) is 15.0. The number of rotatable bonds is 5. The number of hydrogen-bond donors (Lipinski definition) is 0. The van der Waals surface area contributed by atoms with Crippen LogP contribution in [0.5, 0.6) is 0 Å². The van der Waals surface area contributed by atoms with Crippen LogP contribution in [0.25, 0.3) is 0 Å². The third kappa shape index (κ3) is 4.48. The Labute approximate surface area is 142 Å². The van der Waals surface area contributed by atoms with E-state index < -0.39 is 0 Å². The standard InChI is InChI=1S/C20H33N3/c1-3-18-6-5-7-20(16-18)23-10-8-19(9-11-23)17-22-14-12-21(4-2)13-15-22/h5-7,16,19H,3-4,8-15,17H2,1-2H3. The highest BCUT2D eigenvalue weighted by Crippen LogP contribution is 2.25. The third-order valence-electron chi connectivity index (χ3n) is 5.73. The van der Waals surface area contributed by atoms with Crippen LogP contribution in [0.4, 0.5) is 5.69 Å². The highest BCUT2D eigenvalue weighted by Gasteiger charge is 2.23. The Hall–Kier alpha value is -1.06. The summed E-state index contributed by atoms with van der Waals surface area (Å²) in [5, 5.41) is 0. The molecular formula is C20H33N3. The highest BCUT2D eigenvalue weighted by atomic mass is 15.3. The molecule has 0 radical (unpaired) electrons. The summed E-state index contributed by atoms with van der Waals surface area (Å²) in [5.74, 6) is 0.897. The van der Waals surface area contributed by atoms with Crippen molar-refractivity contribution in [2.75, 3.05) is 57.3 Å². The molecule has 1 aromatic carbocycles. The van der Waals surface area contributed by atoms with E-state index in [1.165, 1.54) is 76.5 Å². The lowest BCUT2D eigenvalue weighted by molar-refractivity contribution is 0.116. The molecule has 2 aliphatic heterocycles. The molecule has 0 bridgehead atoms. The summed E-state index contributed by atoms with van der Waals surface area (Å²) in [7, 11) is 0. The first kappa shape index (κ1) is 16.8. The molecule has 128 valence electrons. The van der Waals surface area contributed by atoms with E-state index in [-0.39, 0.29) is 0 Å². The van der Waals surface area contributed by atoms with E-state index in [0.29, 0.717) is 0 Å². The summed E-state index contributed by atoms with van der Waals surface area (Å²) >= 11 is 0. The van der Waals surface area contributed by atoms with Crippen LogP contribution in [0.2, 0.25) is 0 Å². The summed E-state index contributed by atoms with van der Waals surface area (Å²) in [5.41, 5.74) is 2.89. The number of likely N-dealkylation sites (N-methyl/N-ethyl adjacent to an activating group) is 1. The zero-order chi connectivity index (χ0) is 16.1. The Balaban J connectivity index is 1.45. The summed E-state index contributed by atoms with van der Waals surface area (Å²) in [6.07, 6.45) is 3.84. The van der Waals surface area contributed by atoms with Crippen LogP contribution < -0.4 is 4.90 Å². The van der Waals surface area contributed by atoms with Crippen molar-refractivity contribution >= 4 is 5.69 Å². The Bertz CT molecular complexity index is 472. The molecule has 2 fully saturated rings. The van der Waals surface area contributed by atoms with Crippen molar-refractivity contribution < 1.29 is 0 Å². The second-order valence-electron chi connectivity index (χ2n) is 7.19. The quantitative estimate of drug-likeness (QED) is 0.827. The molecule has 3 heteroatoms. The number of nitrogens with zero attached hydrogens (tertiary/aromatic N) is 3. The Morgan fingerprint density at radius 2 is 1.61 bits per heavy atom. The molecule has 3 rings (SSSR count). The molecule has 2 aliphatic rings. The predicted molar refractivity (Wildman–Crippen MR) is 99.3 cm³/mol. The molecule has 3 nitrogen and oxygen atoms in total. The maximum atomic E-state index is 2.70. The molecule has 0 saturated carbocycles. The van der Waals surface area contributed by atoms with E-state index in [2.05, 4.69) is 52.8 Å². The maximum Gasteiger partial charge on any atom is 0.0368 e. The maximum absolute atomic E-state index is 2.70. The number of anilines is 1. The van der Waals surface area contributed by atoms with Gasteiger partial charge in [0.25, 0.3) is 0 Å². The molecule has 0 N–H and O–H groups in total. The minimum atomic E-state index is 0.897. The molecule has 1 aromatic rings. The molecule has 0 spiro atoms. The van der Waals surface area contributed by atoms with Gasteiger partial charge in [-0.15, -0.1) is 0 Å². The van der Waals surface area contributed by atoms with Crippen LogP contribution in [-0.4, -0.2) is 62.2 Å². The molecular weight excluding hydrogens is 282 g/mol. The Morgan fingerprint density at radius 1 is 0.913 bits per heavy atom. The highest BCUT2D eigenvalue weighted by molar-refractivity contribution is 5.49. The number of aryl methyl sites for hydroxylation is 1. The Morgan fingerprint density at radius 3 is 2.26 bits per heavy atom. The molecule has 0 aliphatic carbocycles. The number of benzene rings is 1. The normalized spacial score (nSPS) is 21.7. The first-order chi connectivity index (χ1) is 11.3. The van der Waals surface area contributed by atoms with Crippen LogP contribution in [-0.2, 0) is 6.42 Å². The van der Waals surface area contributed by atoms with E-state index in [4.69, 9.17) is 0 Å². The largest absolute Gasteiger partial charge is 0.372 e. The summed E-state index contributed by atoms with van der Waals surface area (Å²) in [4.78, 5) is 7.86. The minimum Gasteiger partial charge on any atom is -0.372 e. The first-order valence-corrected chi connectivity index (χ1v) is 9.57. The van der Waals surface area contributed by atoms with Gasteiger partial charge in [0.15, 0.2) is 0 Å². The van der Waals surface area contributed by atoms with Gasteiger partial charge in [-0.05, 0) is 49.4 Å². The fourth-order valence-corrected chi connectivity index (χ4v) is 4.00. The van der Waals surface area contributed by atoms with Crippen LogP contribution in [0, 0.1) is 5.92 Å². The van der Waals surface area contributed by atoms with Crippen molar-refractivity contribution in [1.82, 2.24) is 9.80 Å². The summed E-state index contributed by atoms with van der Waals surface area (Å²) in [6.45, 7) is 14.6. The second kappa shape index (κ2) is 8.16. The second-order valence-corrected chi connectivity index (χ2v) is 7.19. The lowest BCUT2D eigenvalue weighted by Crippen LogP contribution is -2.48. The van der Waals surface area contributed by atoms with Gasteiger partial charge < -0.3 is 14.7 Å². The topological polar surface area (TPSA) is 9.72 Å². The fourth-order valence-electron chi connectivity index (χ4n) is 4.00. The monoisotopic (exact) mass is 315 g/mol. The summed E-state index contributed by atoms with van der Waals surface area (Å²) in [6, 6.07) is 9.12. The average Bonchev–Trinajstić information content (AvgIpc) is 2.63. The molecule has 0 aromatic heterocycles. The van der Waals surface area contributed by atoms with Crippen molar-refractivity contribution in [3.63, 3.8) is 0 Å². The molecule has 0 amide bonds. The van der Waals surface area contributed by atoms with Gasteiger partial charge in [0.05, 0.1) is 0 Å². The van der Waals surface area contributed by atoms with Crippen molar-refractivity contribution in [3.8, 4) is 0 Å². The van der Waals surface area contributed by atoms with E-state index >= 15 is 0 Å². The Kier molecular flexibility index (Phi) is 5.96. The zero-order valence-electron chi connectivity index (χ0n) is 15.0. The van der Waals surface area contributed by atoms with Gasteiger partial charge in [0.2, 0.25) is 0 Å². The van der Waals surface area contributed by atoms with Gasteiger partial charge in [-0.1, -0.05) is 26.0 Å². The van der Waals surface area contributed by atoms with Gasteiger partial charge in [0, 0.05) is 51.5 Å². The van der Waals surface area contributed by atoms with E-state index in [0.717, 1.165) is 12.3 Å². The predicted octanol–water partition coefficient (Wildman–Crippen LogP) is 3.10. The van der Waals surface area contributed by atoms with E-state index in [9.17, 15) is 0 Å². The summed E-state index contributed by atoms with van der Waals surface area (Å²) < 4.78 is 0. The van der Waals surface area contributed by atoms with Gasteiger partial charge in [0.1, 0.15) is 0 Å². The first-order valence-electron chi connectivity index (χ1n) is 9.57. The van der Waals surface area contributed by atoms with Crippen molar-refractivity contribution in [2.45, 2.75) is 33.1 Å². The molecule has 23 heavy (non-hydrogen) atoms. The lowest BCUT2D eigenvalue weighted by Gasteiger charge is -2.39. The molecule has 0 atom stereocenters. The van der Waals surface area contributed by atoms with E-state index in [1.807, 2.05) is 0 Å². The SMILES string of the molecule is CCc1cccc(N2CCC(CN3CCN(CC)CC3)CC2)c1.